The number of nitrogens with zero attached hydrogens (tertiary/aromatic N) is 3. The Balaban J connectivity index is 1.70. The number of hydrogen-bond donors (Lipinski definition) is 1. The zero-order valence-corrected chi connectivity index (χ0v) is 12.9. The highest BCUT2D eigenvalue weighted by atomic mass is 32.2. The van der Waals surface area contributed by atoms with E-state index in [0.717, 1.165) is 37.4 Å². The molecule has 2 saturated heterocycles. The first-order valence-electron chi connectivity index (χ1n) is 7.36. The van der Waals surface area contributed by atoms with Crippen LogP contribution in [0.1, 0.15) is 12.8 Å². The Bertz CT molecular complexity index is 348. The normalized spacial score (nSPS) is 23.6. The number of alkyl halides is 3. The molecule has 0 aromatic heterocycles. The van der Waals surface area contributed by atoms with Crippen LogP contribution in [0.2, 0.25) is 0 Å². The van der Waals surface area contributed by atoms with Gasteiger partial charge in [0, 0.05) is 31.1 Å². The molecule has 0 amide bonds. The molecule has 0 unspecified atom stereocenters. The van der Waals surface area contributed by atoms with Crippen molar-refractivity contribution in [1.29, 1.82) is 0 Å². The second-order valence-corrected chi connectivity index (χ2v) is 6.86. The molecule has 0 atom stereocenters. The molecule has 2 aliphatic rings. The summed E-state index contributed by atoms with van der Waals surface area (Å²) in [7, 11) is 0. The molecule has 2 heterocycles. The van der Waals surface area contributed by atoms with E-state index in [1.807, 2.05) is 11.8 Å². The second-order valence-electron chi connectivity index (χ2n) is 5.63. The third-order valence-electron chi connectivity index (χ3n) is 3.96. The number of aliphatic imine (C=N–C) groups is 1. The van der Waals surface area contributed by atoms with Crippen molar-refractivity contribution in [2.45, 2.75) is 19.0 Å². The third kappa shape index (κ3) is 5.94. The van der Waals surface area contributed by atoms with E-state index in [0.29, 0.717) is 31.5 Å². The summed E-state index contributed by atoms with van der Waals surface area (Å²) in [5, 5.41) is 0. The van der Waals surface area contributed by atoms with Gasteiger partial charge in [-0.1, -0.05) is 0 Å². The summed E-state index contributed by atoms with van der Waals surface area (Å²) in [6.45, 7) is 2.71. The van der Waals surface area contributed by atoms with E-state index in [4.69, 9.17) is 5.73 Å². The first kappa shape index (κ1) is 16.7. The highest BCUT2D eigenvalue weighted by Gasteiger charge is 2.32. The quantitative estimate of drug-likeness (QED) is 0.633. The summed E-state index contributed by atoms with van der Waals surface area (Å²) in [4.78, 5) is 8.01. The lowest BCUT2D eigenvalue weighted by molar-refractivity contribution is -0.148. The molecule has 2 aliphatic heterocycles. The molecule has 0 aromatic rings. The monoisotopic (exact) mass is 324 g/mol. The van der Waals surface area contributed by atoms with E-state index in [2.05, 4.69) is 9.89 Å². The van der Waals surface area contributed by atoms with Crippen LogP contribution >= 0.6 is 11.8 Å². The Hall–Kier alpha value is -0.630. The zero-order chi connectivity index (χ0) is 15.3. The van der Waals surface area contributed by atoms with Crippen molar-refractivity contribution in [3.05, 3.63) is 0 Å². The lowest BCUT2D eigenvalue weighted by Crippen LogP contribution is -2.43. The minimum Gasteiger partial charge on any atom is -0.370 e. The fourth-order valence-electron chi connectivity index (χ4n) is 2.70. The Kier molecular flexibility index (Phi) is 6.04. The number of guanidine groups is 1. The van der Waals surface area contributed by atoms with E-state index < -0.39 is 12.7 Å². The predicted molar refractivity (Wildman–Crippen MR) is 80.6 cm³/mol. The summed E-state index contributed by atoms with van der Waals surface area (Å²) >= 11 is 1.92. The molecule has 0 aromatic carbocycles. The van der Waals surface area contributed by atoms with E-state index >= 15 is 0 Å². The Labute approximate surface area is 127 Å². The summed E-state index contributed by atoms with van der Waals surface area (Å²) in [6, 6.07) is 0. The Morgan fingerprint density at radius 1 is 1.14 bits per heavy atom. The average Bonchev–Trinajstić information content (AvgIpc) is 2.45. The first-order chi connectivity index (χ1) is 9.94. The molecule has 122 valence electrons. The van der Waals surface area contributed by atoms with Crippen LogP contribution in [0.25, 0.3) is 0 Å². The summed E-state index contributed by atoms with van der Waals surface area (Å²) < 4.78 is 36.9. The smallest absolute Gasteiger partial charge is 0.370 e. The zero-order valence-electron chi connectivity index (χ0n) is 12.1. The molecule has 21 heavy (non-hydrogen) atoms. The molecule has 0 radical (unpaired) electrons. The lowest BCUT2D eigenvalue weighted by Gasteiger charge is -2.32. The highest BCUT2D eigenvalue weighted by Crippen LogP contribution is 2.22. The van der Waals surface area contributed by atoms with Gasteiger partial charge in [-0.05, 0) is 31.8 Å². The van der Waals surface area contributed by atoms with Crippen LogP contribution in [0.15, 0.2) is 4.99 Å². The molecular formula is C13H23F3N4S. The number of halogens is 3. The Morgan fingerprint density at radius 3 is 2.33 bits per heavy atom. The van der Waals surface area contributed by atoms with Crippen molar-refractivity contribution in [3.63, 3.8) is 0 Å². The molecule has 8 heteroatoms. The van der Waals surface area contributed by atoms with Gasteiger partial charge in [0.1, 0.15) is 0 Å². The van der Waals surface area contributed by atoms with Crippen molar-refractivity contribution in [1.82, 2.24) is 9.80 Å². The van der Waals surface area contributed by atoms with Crippen LogP contribution in [-0.4, -0.2) is 72.7 Å². The van der Waals surface area contributed by atoms with Crippen LogP contribution in [0.5, 0.6) is 0 Å². The molecule has 2 N–H and O–H groups in total. The van der Waals surface area contributed by atoms with E-state index in [-0.39, 0.29) is 0 Å². The van der Waals surface area contributed by atoms with Crippen LogP contribution in [0.3, 0.4) is 0 Å². The van der Waals surface area contributed by atoms with Crippen LogP contribution in [0.4, 0.5) is 13.2 Å². The summed E-state index contributed by atoms with van der Waals surface area (Å²) in [5.41, 5.74) is 5.98. The van der Waals surface area contributed by atoms with Gasteiger partial charge in [0.15, 0.2) is 5.96 Å². The second kappa shape index (κ2) is 7.58. The van der Waals surface area contributed by atoms with Gasteiger partial charge in [-0.3, -0.25) is 9.89 Å². The van der Waals surface area contributed by atoms with Crippen LogP contribution in [0, 0.1) is 5.92 Å². The summed E-state index contributed by atoms with van der Waals surface area (Å²) in [6.07, 6.45) is -2.56. The largest absolute Gasteiger partial charge is 0.401 e. The first-order valence-corrected chi connectivity index (χ1v) is 8.51. The van der Waals surface area contributed by atoms with E-state index in [9.17, 15) is 13.2 Å². The number of rotatable bonds is 3. The van der Waals surface area contributed by atoms with Gasteiger partial charge in [0.2, 0.25) is 0 Å². The van der Waals surface area contributed by atoms with Crippen molar-refractivity contribution in [3.8, 4) is 0 Å². The van der Waals surface area contributed by atoms with Gasteiger partial charge in [-0.25, -0.2) is 0 Å². The predicted octanol–water partition coefficient (Wildman–Crippen LogP) is 1.62. The van der Waals surface area contributed by atoms with Crippen LogP contribution in [-0.2, 0) is 0 Å². The SMILES string of the molecule is NC(=NCC1CCN(CC(F)(F)F)CC1)N1CCSCC1. The molecule has 4 nitrogen and oxygen atoms in total. The van der Waals surface area contributed by atoms with Gasteiger partial charge >= 0.3 is 6.18 Å². The minimum atomic E-state index is -4.10. The van der Waals surface area contributed by atoms with E-state index in [1.165, 1.54) is 4.90 Å². The molecule has 0 saturated carbocycles. The molecule has 0 aliphatic carbocycles. The van der Waals surface area contributed by atoms with E-state index in [1.54, 1.807) is 0 Å². The van der Waals surface area contributed by atoms with Crippen molar-refractivity contribution in [2.75, 3.05) is 50.8 Å². The van der Waals surface area contributed by atoms with Gasteiger partial charge in [-0.2, -0.15) is 24.9 Å². The maximum Gasteiger partial charge on any atom is 0.401 e. The van der Waals surface area contributed by atoms with Gasteiger partial charge in [0.25, 0.3) is 0 Å². The number of nitrogens with two attached hydrogens (primary N) is 1. The number of hydrogen-bond acceptors (Lipinski definition) is 3. The number of piperidine rings is 1. The molecule has 0 bridgehead atoms. The fourth-order valence-corrected chi connectivity index (χ4v) is 3.60. The lowest BCUT2D eigenvalue weighted by atomic mass is 9.97. The maximum absolute atomic E-state index is 12.3. The topological polar surface area (TPSA) is 44.9 Å². The Morgan fingerprint density at radius 2 is 1.76 bits per heavy atom. The summed E-state index contributed by atoms with van der Waals surface area (Å²) in [5.74, 6) is 3.10. The molecular weight excluding hydrogens is 301 g/mol. The van der Waals surface area contributed by atoms with Crippen molar-refractivity contribution < 1.29 is 13.2 Å². The molecule has 2 rings (SSSR count). The molecule has 2 fully saturated rings. The number of thioether (sulfide) groups is 1. The van der Waals surface area contributed by atoms with Crippen molar-refractivity contribution >= 4 is 17.7 Å². The standard InChI is InChI=1S/C13H23F3N4S/c14-13(15,16)10-19-3-1-11(2-4-19)9-18-12(17)20-5-7-21-8-6-20/h11H,1-10H2,(H2,17,18). The van der Waals surface area contributed by atoms with Gasteiger partial charge < -0.3 is 10.6 Å². The highest BCUT2D eigenvalue weighted by molar-refractivity contribution is 7.99. The fraction of sp³-hybridized carbons (Fsp3) is 0.923. The van der Waals surface area contributed by atoms with Gasteiger partial charge in [-0.15, -0.1) is 0 Å². The number of likely N-dealkylation sites (tertiary alicyclic amines) is 1. The minimum absolute atomic E-state index is 0.354. The average molecular weight is 324 g/mol. The molecule has 0 spiro atoms. The van der Waals surface area contributed by atoms with Crippen LogP contribution < -0.4 is 5.73 Å². The van der Waals surface area contributed by atoms with Crippen molar-refractivity contribution in [2.24, 2.45) is 16.6 Å². The third-order valence-corrected chi connectivity index (χ3v) is 4.90. The van der Waals surface area contributed by atoms with Gasteiger partial charge in [0.05, 0.1) is 6.54 Å². The maximum atomic E-state index is 12.3.